The molecule has 0 saturated carbocycles. The molecule has 1 aromatic heterocycles. The van der Waals surface area contributed by atoms with Crippen LogP contribution in [0.5, 0.6) is 11.5 Å². The smallest absolute Gasteiger partial charge is 0.307 e. The molecule has 0 aliphatic rings. The first-order valence-electron chi connectivity index (χ1n) is 9.43. The Hall–Kier alpha value is -3.40. The van der Waals surface area contributed by atoms with Crippen LogP contribution in [0.25, 0.3) is 11.0 Å². The van der Waals surface area contributed by atoms with Crippen LogP contribution in [0.15, 0.2) is 50.4 Å². The van der Waals surface area contributed by atoms with Crippen molar-refractivity contribution in [3.63, 3.8) is 0 Å². The molecule has 0 unspecified atom stereocenters. The van der Waals surface area contributed by atoms with Gasteiger partial charge in [-0.05, 0) is 66.5 Å². The zero-order valence-corrected chi connectivity index (χ0v) is 18.6. The van der Waals surface area contributed by atoms with E-state index in [9.17, 15) is 14.9 Å². The summed E-state index contributed by atoms with van der Waals surface area (Å²) in [7, 11) is 0. The standard InChI is InChI=1S/C21H20BrN3O6/c1-4-29-18-8-13(7-16(22)20(18)30-12(2)3)11-23-24-21(26)19-10-14-9-15(25(27)28)5-6-17(14)31-19/h5-12H,4H2,1-3H3,(H,24,26)/b23-11+. The first kappa shape index (κ1) is 22.3. The molecular weight excluding hydrogens is 470 g/mol. The van der Waals surface area contributed by atoms with Gasteiger partial charge in [-0.25, -0.2) is 5.43 Å². The Bertz CT molecular complexity index is 1160. The first-order chi connectivity index (χ1) is 14.8. The van der Waals surface area contributed by atoms with E-state index in [0.717, 1.165) is 0 Å². The van der Waals surface area contributed by atoms with Crippen LogP contribution in [0.2, 0.25) is 0 Å². The fourth-order valence-corrected chi connectivity index (χ4v) is 3.31. The van der Waals surface area contributed by atoms with Crippen LogP contribution in [0.4, 0.5) is 5.69 Å². The number of halogens is 1. The molecule has 0 bridgehead atoms. The van der Waals surface area contributed by atoms with Gasteiger partial charge in [0.15, 0.2) is 17.3 Å². The molecule has 2 aromatic carbocycles. The van der Waals surface area contributed by atoms with Gasteiger partial charge >= 0.3 is 5.91 Å². The van der Waals surface area contributed by atoms with Gasteiger partial charge in [0, 0.05) is 17.5 Å². The molecule has 0 aliphatic heterocycles. The SMILES string of the molecule is CCOc1cc(/C=N/NC(=O)c2cc3cc([N+](=O)[O-])ccc3o2)cc(Br)c1OC(C)C. The number of benzene rings is 2. The Morgan fingerprint density at radius 2 is 2.10 bits per heavy atom. The Morgan fingerprint density at radius 1 is 1.32 bits per heavy atom. The topological polar surface area (TPSA) is 116 Å². The van der Waals surface area contributed by atoms with Crippen LogP contribution in [0, 0.1) is 10.1 Å². The molecule has 9 nitrogen and oxygen atoms in total. The zero-order valence-electron chi connectivity index (χ0n) is 17.0. The van der Waals surface area contributed by atoms with Crippen LogP contribution in [-0.2, 0) is 0 Å². The second-order valence-electron chi connectivity index (χ2n) is 6.72. The molecule has 0 atom stereocenters. The summed E-state index contributed by atoms with van der Waals surface area (Å²) in [5.41, 5.74) is 3.33. The number of hydrogen-bond donors (Lipinski definition) is 1. The van der Waals surface area contributed by atoms with Crippen molar-refractivity contribution in [3.05, 3.63) is 62.3 Å². The lowest BCUT2D eigenvalue weighted by Crippen LogP contribution is -2.16. The minimum absolute atomic E-state index is 0.00971. The van der Waals surface area contributed by atoms with E-state index in [2.05, 4.69) is 26.5 Å². The summed E-state index contributed by atoms with van der Waals surface area (Å²) in [4.78, 5) is 22.7. The minimum Gasteiger partial charge on any atom is -0.490 e. The van der Waals surface area contributed by atoms with Crippen molar-refractivity contribution in [1.82, 2.24) is 5.43 Å². The minimum atomic E-state index is -0.584. The lowest BCUT2D eigenvalue weighted by molar-refractivity contribution is -0.384. The van der Waals surface area contributed by atoms with Crippen LogP contribution in [-0.4, -0.2) is 29.8 Å². The highest BCUT2D eigenvalue weighted by Crippen LogP contribution is 2.37. The van der Waals surface area contributed by atoms with Gasteiger partial charge < -0.3 is 13.9 Å². The molecule has 1 amide bonds. The molecule has 31 heavy (non-hydrogen) atoms. The van der Waals surface area contributed by atoms with E-state index in [1.165, 1.54) is 30.5 Å². The Morgan fingerprint density at radius 3 is 2.77 bits per heavy atom. The van der Waals surface area contributed by atoms with Gasteiger partial charge in [0.05, 0.1) is 28.3 Å². The number of nitrogens with zero attached hydrogens (tertiary/aromatic N) is 2. The van der Waals surface area contributed by atoms with Gasteiger partial charge in [0.2, 0.25) is 0 Å². The fraction of sp³-hybridized carbons (Fsp3) is 0.238. The molecule has 1 N–H and O–H groups in total. The summed E-state index contributed by atoms with van der Waals surface area (Å²) in [6.45, 7) is 6.17. The number of nitro groups is 1. The molecule has 162 valence electrons. The quantitative estimate of drug-likeness (QED) is 0.268. The third-order valence-electron chi connectivity index (χ3n) is 4.00. The lowest BCUT2D eigenvalue weighted by Gasteiger charge is -2.16. The summed E-state index contributed by atoms with van der Waals surface area (Å²) in [6, 6.07) is 9.06. The fourth-order valence-electron chi connectivity index (χ4n) is 2.75. The van der Waals surface area contributed by atoms with Crippen molar-refractivity contribution >= 4 is 44.7 Å². The molecule has 0 saturated heterocycles. The number of ether oxygens (including phenoxy) is 2. The van der Waals surface area contributed by atoms with Gasteiger partial charge in [0.1, 0.15) is 5.58 Å². The molecule has 3 rings (SSSR count). The number of nitro benzene ring substituents is 1. The molecule has 0 fully saturated rings. The number of carbonyl (C=O) groups is 1. The van der Waals surface area contributed by atoms with Crippen molar-refractivity contribution < 1.29 is 23.6 Å². The Kier molecular flexibility index (Phi) is 6.91. The van der Waals surface area contributed by atoms with E-state index in [1.54, 1.807) is 12.1 Å². The molecule has 1 heterocycles. The third-order valence-corrected chi connectivity index (χ3v) is 4.59. The maximum Gasteiger partial charge on any atom is 0.307 e. The number of nitrogens with one attached hydrogen (secondary N) is 1. The highest BCUT2D eigenvalue weighted by atomic mass is 79.9. The second-order valence-corrected chi connectivity index (χ2v) is 7.57. The van der Waals surface area contributed by atoms with Crippen molar-refractivity contribution in [2.24, 2.45) is 5.10 Å². The Balaban J connectivity index is 1.76. The van der Waals surface area contributed by atoms with Gasteiger partial charge in [-0.15, -0.1) is 0 Å². The number of amides is 1. The van der Waals surface area contributed by atoms with Gasteiger partial charge in [0.25, 0.3) is 5.69 Å². The first-order valence-corrected chi connectivity index (χ1v) is 10.2. The maximum atomic E-state index is 12.3. The van der Waals surface area contributed by atoms with E-state index >= 15 is 0 Å². The molecular formula is C21H20BrN3O6. The molecule has 0 spiro atoms. The normalized spacial score (nSPS) is 11.3. The van der Waals surface area contributed by atoms with E-state index in [-0.39, 0.29) is 17.6 Å². The van der Waals surface area contributed by atoms with Crippen molar-refractivity contribution in [2.75, 3.05) is 6.61 Å². The molecule has 0 aliphatic carbocycles. The average molecular weight is 490 g/mol. The zero-order chi connectivity index (χ0) is 22.5. The summed E-state index contributed by atoms with van der Waals surface area (Å²) in [5, 5.41) is 15.3. The highest BCUT2D eigenvalue weighted by molar-refractivity contribution is 9.10. The highest BCUT2D eigenvalue weighted by Gasteiger charge is 2.15. The summed E-state index contributed by atoms with van der Waals surface area (Å²) in [5.74, 6) is 0.551. The monoisotopic (exact) mass is 489 g/mol. The maximum absolute atomic E-state index is 12.3. The van der Waals surface area contributed by atoms with E-state index in [0.29, 0.717) is 39.1 Å². The van der Waals surface area contributed by atoms with Crippen molar-refractivity contribution in [3.8, 4) is 11.5 Å². The number of hydrogen-bond acceptors (Lipinski definition) is 7. The second kappa shape index (κ2) is 9.61. The van der Waals surface area contributed by atoms with Gasteiger partial charge in [-0.1, -0.05) is 0 Å². The van der Waals surface area contributed by atoms with Crippen LogP contribution >= 0.6 is 15.9 Å². The molecule has 0 radical (unpaired) electrons. The predicted molar refractivity (Wildman–Crippen MR) is 119 cm³/mol. The number of hydrazone groups is 1. The van der Waals surface area contributed by atoms with Crippen LogP contribution < -0.4 is 14.9 Å². The summed E-state index contributed by atoms with van der Waals surface area (Å²) >= 11 is 3.47. The third kappa shape index (κ3) is 5.40. The number of furan rings is 1. The van der Waals surface area contributed by atoms with Crippen molar-refractivity contribution in [2.45, 2.75) is 26.9 Å². The number of non-ortho nitro benzene ring substituents is 1. The lowest BCUT2D eigenvalue weighted by atomic mass is 10.2. The van der Waals surface area contributed by atoms with Crippen LogP contribution in [0.1, 0.15) is 36.9 Å². The summed E-state index contributed by atoms with van der Waals surface area (Å²) in [6.07, 6.45) is 1.43. The number of rotatable bonds is 8. The van der Waals surface area contributed by atoms with E-state index in [4.69, 9.17) is 13.9 Å². The summed E-state index contributed by atoms with van der Waals surface area (Å²) < 4.78 is 17.6. The molecule has 10 heteroatoms. The predicted octanol–water partition coefficient (Wildman–Crippen LogP) is 5.05. The van der Waals surface area contributed by atoms with Crippen LogP contribution in [0.3, 0.4) is 0 Å². The number of fused-ring (bicyclic) bond motifs is 1. The number of carbonyl (C=O) groups excluding carboxylic acids is 1. The Labute approximate surface area is 186 Å². The van der Waals surface area contributed by atoms with E-state index in [1.807, 2.05) is 20.8 Å². The van der Waals surface area contributed by atoms with Gasteiger partial charge in [-0.3, -0.25) is 14.9 Å². The van der Waals surface area contributed by atoms with Crippen molar-refractivity contribution in [1.29, 1.82) is 0 Å². The van der Waals surface area contributed by atoms with E-state index < -0.39 is 10.8 Å². The largest absolute Gasteiger partial charge is 0.490 e. The molecule has 3 aromatic rings. The van der Waals surface area contributed by atoms with Gasteiger partial charge in [-0.2, -0.15) is 5.10 Å². The average Bonchev–Trinajstić information content (AvgIpc) is 3.14.